The second-order valence-electron chi connectivity index (χ2n) is 7.49. The second-order valence-corrected chi connectivity index (χ2v) is 9.18. The van der Waals surface area contributed by atoms with Crippen LogP contribution in [0.25, 0.3) is 0 Å². The summed E-state index contributed by atoms with van der Waals surface area (Å²) in [5.74, 6) is -0.676. The molecule has 3 aromatic carbocycles. The van der Waals surface area contributed by atoms with Crippen LogP contribution in [0.1, 0.15) is 29.8 Å². The van der Waals surface area contributed by atoms with Crippen LogP contribution in [-0.4, -0.2) is 33.0 Å². The number of benzene rings is 3. The van der Waals surface area contributed by atoms with E-state index in [1.165, 1.54) is 43.3 Å². The zero-order valence-electron chi connectivity index (χ0n) is 19.1. The quantitative estimate of drug-likeness (QED) is 0.438. The summed E-state index contributed by atoms with van der Waals surface area (Å²) in [5, 5.41) is 2.68. The lowest BCUT2D eigenvalue weighted by Crippen LogP contribution is -2.30. The Balaban J connectivity index is 1.65. The molecule has 0 aliphatic heterocycles. The van der Waals surface area contributed by atoms with Gasteiger partial charge in [0.2, 0.25) is 0 Å². The van der Waals surface area contributed by atoms with Gasteiger partial charge in [-0.15, -0.1) is 0 Å². The molecule has 0 spiro atoms. The van der Waals surface area contributed by atoms with Gasteiger partial charge in [-0.25, -0.2) is 13.2 Å². The number of ether oxygens (including phenoxy) is 2. The summed E-state index contributed by atoms with van der Waals surface area (Å²) in [5.41, 5.74) is 1.92. The molecule has 2 N–H and O–H groups in total. The van der Waals surface area contributed by atoms with Crippen molar-refractivity contribution in [3.8, 4) is 5.75 Å². The molecule has 0 fully saturated rings. The molecule has 0 aliphatic carbocycles. The van der Waals surface area contributed by atoms with Crippen molar-refractivity contribution in [3.63, 3.8) is 0 Å². The maximum atomic E-state index is 12.7. The van der Waals surface area contributed by atoms with Crippen molar-refractivity contribution in [2.24, 2.45) is 0 Å². The smallest absolute Gasteiger partial charge is 0.338 e. The highest BCUT2D eigenvalue weighted by Gasteiger charge is 2.20. The number of carbonyl (C=O) groups is 2. The topological polar surface area (TPSA) is 111 Å². The first kappa shape index (κ1) is 24.8. The normalized spacial score (nSPS) is 11.9. The molecule has 0 aromatic heterocycles. The average Bonchev–Trinajstić information content (AvgIpc) is 2.81. The highest BCUT2D eigenvalue weighted by molar-refractivity contribution is 7.92. The molecule has 1 amide bonds. The number of sulfonamides is 1. The Kier molecular flexibility index (Phi) is 7.91. The highest BCUT2D eigenvalue weighted by Crippen LogP contribution is 2.21. The molecule has 0 saturated carbocycles. The lowest BCUT2D eigenvalue weighted by atomic mass is 10.2. The number of amides is 1. The molecular weight excluding hydrogens is 456 g/mol. The first-order chi connectivity index (χ1) is 16.2. The van der Waals surface area contributed by atoms with Crippen LogP contribution >= 0.6 is 0 Å². The van der Waals surface area contributed by atoms with E-state index in [-0.39, 0.29) is 16.1 Å². The lowest BCUT2D eigenvalue weighted by molar-refractivity contribution is -0.123. The predicted molar refractivity (Wildman–Crippen MR) is 130 cm³/mol. The van der Waals surface area contributed by atoms with Crippen molar-refractivity contribution >= 4 is 33.3 Å². The third-order valence-corrected chi connectivity index (χ3v) is 6.16. The molecule has 0 bridgehead atoms. The summed E-state index contributed by atoms with van der Waals surface area (Å²) < 4.78 is 38.4. The molecule has 9 heteroatoms. The molecule has 0 heterocycles. The minimum absolute atomic E-state index is 0.0466. The van der Waals surface area contributed by atoms with Gasteiger partial charge >= 0.3 is 5.97 Å². The standard InChI is InChI=1S/C25H26N2O6S/c1-4-32-22-12-14-23(15-13-22)34(30,31)27-21-7-5-6-19(16-21)25(29)33-18(3)24(28)26-20-10-8-17(2)9-11-20/h5-16,18,27H,4H2,1-3H3,(H,26,28)/t18-/m0/s1. The first-order valence-corrected chi connectivity index (χ1v) is 12.1. The number of aryl methyl sites for hydroxylation is 1. The van der Waals surface area contributed by atoms with Crippen LogP contribution in [0.3, 0.4) is 0 Å². The summed E-state index contributed by atoms with van der Waals surface area (Å²) in [6.45, 7) is 5.70. The summed E-state index contributed by atoms with van der Waals surface area (Å²) >= 11 is 0. The lowest BCUT2D eigenvalue weighted by Gasteiger charge is -2.14. The fourth-order valence-corrected chi connectivity index (χ4v) is 4.02. The molecule has 34 heavy (non-hydrogen) atoms. The van der Waals surface area contributed by atoms with Crippen LogP contribution in [0.4, 0.5) is 11.4 Å². The maximum Gasteiger partial charge on any atom is 0.338 e. The molecule has 0 aliphatic rings. The molecule has 178 valence electrons. The maximum absolute atomic E-state index is 12.7. The van der Waals surface area contributed by atoms with Gasteiger partial charge in [0.15, 0.2) is 6.10 Å². The van der Waals surface area contributed by atoms with Crippen molar-refractivity contribution in [2.75, 3.05) is 16.6 Å². The third kappa shape index (κ3) is 6.58. The Bertz CT molecular complexity index is 1260. The Morgan fingerprint density at radius 1 is 0.941 bits per heavy atom. The van der Waals surface area contributed by atoms with E-state index in [2.05, 4.69) is 10.0 Å². The average molecular weight is 483 g/mol. The van der Waals surface area contributed by atoms with Crippen LogP contribution in [0.15, 0.2) is 77.7 Å². The molecule has 0 unspecified atom stereocenters. The number of anilines is 2. The predicted octanol–water partition coefficient (Wildman–Crippen LogP) is 4.38. The van der Waals surface area contributed by atoms with Gasteiger partial charge < -0.3 is 14.8 Å². The number of hydrogen-bond donors (Lipinski definition) is 2. The zero-order valence-corrected chi connectivity index (χ0v) is 19.9. The van der Waals surface area contributed by atoms with Gasteiger partial charge in [0.1, 0.15) is 5.75 Å². The van der Waals surface area contributed by atoms with E-state index in [0.717, 1.165) is 5.56 Å². The summed E-state index contributed by atoms with van der Waals surface area (Å²) in [6, 6.07) is 19.0. The molecule has 8 nitrogen and oxygen atoms in total. The van der Waals surface area contributed by atoms with Crippen molar-refractivity contribution in [2.45, 2.75) is 31.8 Å². The molecule has 1 atom stereocenters. The van der Waals surface area contributed by atoms with Gasteiger partial charge in [-0.2, -0.15) is 0 Å². The molecule has 3 rings (SSSR count). The van der Waals surface area contributed by atoms with Gasteiger partial charge in [-0.05, 0) is 75.4 Å². The fraction of sp³-hybridized carbons (Fsp3) is 0.200. The molecular formula is C25H26N2O6S. The van der Waals surface area contributed by atoms with Gasteiger partial charge in [-0.1, -0.05) is 23.8 Å². The Morgan fingerprint density at radius 2 is 1.62 bits per heavy atom. The van der Waals surface area contributed by atoms with Crippen molar-refractivity contribution in [1.82, 2.24) is 0 Å². The number of hydrogen-bond acceptors (Lipinski definition) is 6. The van der Waals surface area contributed by atoms with E-state index in [1.54, 1.807) is 24.3 Å². The number of esters is 1. The largest absolute Gasteiger partial charge is 0.494 e. The first-order valence-electron chi connectivity index (χ1n) is 10.6. The minimum Gasteiger partial charge on any atom is -0.494 e. The molecule has 0 radical (unpaired) electrons. The Morgan fingerprint density at radius 3 is 2.26 bits per heavy atom. The van der Waals surface area contributed by atoms with E-state index in [4.69, 9.17) is 9.47 Å². The van der Waals surface area contributed by atoms with E-state index >= 15 is 0 Å². The van der Waals surface area contributed by atoms with Crippen molar-refractivity contribution in [3.05, 3.63) is 83.9 Å². The van der Waals surface area contributed by atoms with Crippen molar-refractivity contribution in [1.29, 1.82) is 0 Å². The number of nitrogens with one attached hydrogen (secondary N) is 2. The molecule has 3 aromatic rings. The highest BCUT2D eigenvalue weighted by atomic mass is 32.2. The molecule has 0 saturated heterocycles. The van der Waals surface area contributed by atoms with Gasteiger partial charge in [0.25, 0.3) is 15.9 Å². The number of rotatable bonds is 9. The summed E-state index contributed by atoms with van der Waals surface area (Å²) in [6.07, 6.45) is -1.06. The number of carbonyl (C=O) groups excluding carboxylic acids is 2. The summed E-state index contributed by atoms with van der Waals surface area (Å²) in [7, 11) is -3.88. The van der Waals surface area contributed by atoms with E-state index in [1.807, 2.05) is 26.0 Å². The van der Waals surface area contributed by atoms with Gasteiger partial charge in [0.05, 0.1) is 17.1 Å². The van der Waals surface area contributed by atoms with Crippen LogP contribution in [-0.2, 0) is 19.6 Å². The monoisotopic (exact) mass is 482 g/mol. The zero-order chi connectivity index (χ0) is 24.7. The van der Waals surface area contributed by atoms with Crippen molar-refractivity contribution < 1.29 is 27.5 Å². The Labute approximate surface area is 199 Å². The minimum atomic E-state index is -3.88. The second kappa shape index (κ2) is 10.8. The SMILES string of the molecule is CCOc1ccc(S(=O)(=O)Nc2cccc(C(=O)O[C@@H](C)C(=O)Nc3ccc(C)cc3)c2)cc1. The van der Waals surface area contributed by atoms with Crippen LogP contribution in [0, 0.1) is 6.92 Å². The summed E-state index contributed by atoms with van der Waals surface area (Å²) in [4.78, 5) is 24.9. The fourth-order valence-electron chi connectivity index (χ4n) is 2.97. The van der Waals surface area contributed by atoms with E-state index in [0.29, 0.717) is 18.0 Å². The van der Waals surface area contributed by atoms with E-state index in [9.17, 15) is 18.0 Å². The van der Waals surface area contributed by atoms with Gasteiger partial charge in [0, 0.05) is 11.4 Å². The van der Waals surface area contributed by atoms with Gasteiger partial charge in [-0.3, -0.25) is 9.52 Å². The van der Waals surface area contributed by atoms with Crippen LogP contribution < -0.4 is 14.8 Å². The van der Waals surface area contributed by atoms with E-state index < -0.39 is 28.0 Å². The third-order valence-electron chi connectivity index (χ3n) is 4.77. The van der Waals surface area contributed by atoms with Crippen LogP contribution in [0.2, 0.25) is 0 Å². The van der Waals surface area contributed by atoms with Crippen LogP contribution in [0.5, 0.6) is 5.75 Å². The Hall–Kier alpha value is -3.85.